The lowest BCUT2D eigenvalue weighted by Crippen LogP contribution is -2.38. The average molecular weight is 157 g/mol. The highest BCUT2D eigenvalue weighted by Gasteiger charge is 2.24. The molecule has 0 saturated carbocycles. The van der Waals surface area contributed by atoms with E-state index in [-0.39, 0.29) is 0 Å². The zero-order chi connectivity index (χ0) is 7.65. The van der Waals surface area contributed by atoms with Gasteiger partial charge in [0.15, 0.2) is 6.29 Å². The SMILES string of the molecule is NS(=O)(=O)C(O)C(O)O. The van der Waals surface area contributed by atoms with Crippen LogP contribution in [0.5, 0.6) is 0 Å². The van der Waals surface area contributed by atoms with E-state index in [1.54, 1.807) is 0 Å². The smallest absolute Gasteiger partial charge is 0.241 e. The summed E-state index contributed by atoms with van der Waals surface area (Å²) < 4.78 is 20.0. The number of nitrogens with two attached hydrogens (primary N) is 1. The molecule has 0 aliphatic heterocycles. The number of hydrogen-bond donors (Lipinski definition) is 4. The zero-order valence-electron chi connectivity index (χ0n) is 4.30. The Bertz CT molecular complexity index is 171. The number of primary sulfonamides is 1. The van der Waals surface area contributed by atoms with Gasteiger partial charge in [0.2, 0.25) is 15.5 Å². The van der Waals surface area contributed by atoms with E-state index < -0.39 is 21.7 Å². The summed E-state index contributed by atoms with van der Waals surface area (Å²) in [5.74, 6) is 0. The van der Waals surface area contributed by atoms with Crippen molar-refractivity contribution >= 4 is 10.0 Å². The monoisotopic (exact) mass is 157 g/mol. The first-order chi connectivity index (χ1) is 3.85. The van der Waals surface area contributed by atoms with Gasteiger partial charge in [-0.3, -0.25) is 0 Å². The second-order valence-corrected chi connectivity index (χ2v) is 3.05. The minimum Gasteiger partial charge on any atom is -0.372 e. The van der Waals surface area contributed by atoms with Crippen LogP contribution < -0.4 is 5.14 Å². The molecule has 6 nitrogen and oxygen atoms in total. The van der Waals surface area contributed by atoms with Gasteiger partial charge in [0.05, 0.1) is 0 Å². The minimum atomic E-state index is -4.25. The van der Waals surface area contributed by atoms with Crippen LogP contribution in [0.25, 0.3) is 0 Å². The van der Waals surface area contributed by atoms with Crippen molar-refractivity contribution in [3.8, 4) is 0 Å². The van der Waals surface area contributed by atoms with Crippen molar-refractivity contribution in [1.29, 1.82) is 0 Å². The van der Waals surface area contributed by atoms with Crippen LogP contribution in [0.1, 0.15) is 0 Å². The summed E-state index contributed by atoms with van der Waals surface area (Å²) in [5.41, 5.74) is -2.32. The van der Waals surface area contributed by atoms with Crippen LogP contribution in [-0.4, -0.2) is 35.5 Å². The molecule has 0 heterocycles. The molecular formula is C2H7NO5S. The molecular weight excluding hydrogens is 150 g/mol. The van der Waals surface area contributed by atoms with Gasteiger partial charge in [-0.2, -0.15) is 0 Å². The summed E-state index contributed by atoms with van der Waals surface area (Å²) in [7, 11) is -4.25. The minimum absolute atomic E-state index is 2.32. The second kappa shape index (κ2) is 2.58. The van der Waals surface area contributed by atoms with Gasteiger partial charge in [0.1, 0.15) is 0 Å². The number of aliphatic hydroxyl groups is 3. The van der Waals surface area contributed by atoms with Crippen molar-refractivity contribution in [3.63, 3.8) is 0 Å². The van der Waals surface area contributed by atoms with Crippen molar-refractivity contribution in [1.82, 2.24) is 0 Å². The van der Waals surface area contributed by atoms with Crippen molar-refractivity contribution in [2.24, 2.45) is 5.14 Å². The van der Waals surface area contributed by atoms with Gasteiger partial charge in [0.25, 0.3) is 0 Å². The molecule has 56 valence electrons. The number of aliphatic hydroxyl groups excluding tert-OH is 2. The highest BCUT2D eigenvalue weighted by molar-refractivity contribution is 7.89. The Morgan fingerprint density at radius 2 is 1.56 bits per heavy atom. The predicted molar refractivity (Wildman–Crippen MR) is 27.3 cm³/mol. The predicted octanol–water partition coefficient (Wildman–Crippen LogP) is -3.10. The van der Waals surface area contributed by atoms with Crippen molar-refractivity contribution in [2.75, 3.05) is 0 Å². The Labute approximate surface area is 51.6 Å². The second-order valence-electron chi connectivity index (χ2n) is 1.39. The molecule has 0 aliphatic carbocycles. The highest BCUT2D eigenvalue weighted by atomic mass is 32.2. The van der Waals surface area contributed by atoms with E-state index in [0.29, 0.717) is 0 Å². The Balaban J connectivity index is 4.24. The number of sulfonamides is 1. The Hall–Kier alpha value is -0.210. The summed E-state index contributed by atoms with van der Waals surface area (Å²) in [5, 5.41) is 28.5. The largest absolute Gasteiger partial charge is 0.372 e. The zero-order valence-corrected chi connectivity index (χ0v) is 5.11. The molecule has 9 heavy (non-hydrogen) atoms. The molecule has 1 unspecified atom stereocenters. The van der Waals surface area contributed by atoms with Gasteiger partial charge in [-0.15, -0.1) is 0 Å². The lowest BCUT2D eigenvalue weighted by atomic mass is 10.7. The molecule has 5 N–H and O–H groups in total. The van der Waals surface area contributed by atoms with Crippen LogP contribution in [0.3, 0.4) is 0 Å². The highest BCUT2D eigenvalue weighted by Crippen LogP contribution is 1.93. The molecule has 0 rings (SSSR count). The maximum Gasteiger partial charge on any atom is 0.241 e. The van der Waals surface area contributed by atoms with Gasteiger partial charge in [-0.25, -0.2) is 13.6 Å². The summed E-state index contributed by atoms with van der Waals surface area (Å²) in [6.07, 6.45) is -2.35. The van der Waals surface area contributed by atoms with Gasteiger partial charge < -0.3 is 15.3 Å². The summed E-state index contributed by atoms with van der Waals surface area (Å²) in [4.78, 5) is 0. The van der Waals surface area contributed by atoms with Crippen LogP contribution in [-0.2, 0) is 10.0 Å². The normalized spacial score (nSPS) is 16.1. The number of hydrogen-bond acceptors (Lipinski definition) is 5. The van der Waals surface area contributed by atoms with Gasteiger partial charge in [0, 0.05) is 0 Å². The fourth-order valence-corrected chi connectivity index (χ4v) is 0.509. The molecule has 0 radical (unpaired) electrons. The topological polar surface area (TPSA) is 121 Å². The third-order valence-electron chi connectivity index (χ3n) is 0.592. The first-order valence-corrected chi connectivity index (χ1v) is 3.52. The van der Waals surface area contributed by atoms with E-state index in [0.717, 1.165) is 0 Å². The van der Waals surface area contributed by atoms with E-state index in [2.05, 4.69) is 5.14 Å². The van der Waals surface area contributed by atoms with Crippen molar-refractivity contribution in [2.45, 2.75) is 11.7 Å². The van der Waals surface area contributed by atoms with Crippen LogP contribution in [0.15, 0.2) is 0 Å². The maximum atomic E-state index is 9.98. The molecule has 0 bridgehead atoms. The standard InChI is InChI=1S/C2H7NO5S/c3-9(7,8)2(6)1(4)5/h1-2,4-6H,(H2,3,7,8). The van der Waals surface area contributed by atoms with E-state index in [4.69, 9.17) is 15.3 Å². The van der Waals surface area contributed by atoms with Crippen LogP contribution in [0.4, 0.5) is 0 Å². The Morgan fingerprint density at radius 1 is 1.22 bits per heavy atom. The maximum absolute atomic E-state index is 9.98. The molecule has 0 fully saturated rings. The van der Waals surface area contributed by atoms with Gasteiger partial charge in [-0.05, 0) is 0 Å². The van der Waals surface area contributed by atoms with E-state index >= 15 is 0 Å². The molecule has 0 aliphatic rings. The molecule has 7 heteroatoms. The third kappa shape index (κ3) is 2.72. The van der Waals surface area contributed by atoms with Crippen molar-refractivity contribution < 1.29 is 23.7 Å². The first-order valence-electron chi connectivity index (χ1n) is 1.91. The van der Waals surface area contributed by atoms with Gasteiger partial charge in [-0.1, -0.05) is 0 Å². The first kappa shape index (κ1) is 8.79. The van der Waals surface area contributed by atoms with E-state index in [9.17, 15) is 8.42 Å². The van der Waals surface area contributed by atoms with Crippen LogP contribution in [0.2, 0.25) is 0 Å². The summed E-state index contributed by atoms with van der Waals surface area (Å²) in [6.45, 7) is 0. The molecule has 0 aromatic carbocycles. The van der Waals surface area contributed by atoms with Gasteiger partial charge >= 0.3 is 0 Å². The van der Waals surface area contributed by atoms with E-state index in [1.807, 2.05) is 0 Å². The lowest BCUT2D eigenvalue weighted by Gasteiger charge is -2.08. The van der Waals surface area contributed by atoms with Crippen molar-refractivity contribution in [3.05, 3.63) is 0 Å². The lowest BCUT2D eigenvalue weighted by molar-refractivity contribution is -0.0914. The summed E-state index contributed by atoms with van der Waals surface area (Å²) in [6, 6.07) is 0. The third-order valence-corrected chi connectivity index (χ3v) is 1.51. The Kier molecular flexibility index (Phi) is 2.52. The fourth-order valence-electron chi connectivity index (χ4n) is 0.170. The molecule has 1 atom stereocenters. The molecule has 0 spiro atoms. The Morgan fingerprint density at radius 3 is 1.56 bits per heavy atom. The van der Waals surface area contributed by atoms with Crippen LogP contribution in [0, 0.1) is 0 Å². The molecule has 0 aromatic heterocycles. The fraction of sp³-hybridized carbons (Fsp3) is 1.00. The van der Waals surface area contributed by atoms with Crippen LogP contribution >= 0.6 is 0 Å². The average Bonchev–Trinajstić information content (AvgIpc) is 1.62. The quantitative estimate of drug-likeness (QED) is 0.316. The molecule has 0 aromatic rings. The summed E-state index contributed by atoms with van der Waals surface area (Å²) >= 11 is 0. The molecule has 0 saturated heterocycles. The molecule has 0 amide bonds. The number of rotatable bonds is 2. The van der Waals surface area contributed by atoms with E-state index in [1.165, 1.54) is 0 Å².